The van der Waals surface area contributed by atoms with Gasteiger partial charge in [0.2, 0.25) is 5.91 Å². The van der Waals surface area contributed by atoms with E-state index in [0.717, 1.165) is 45.3 Å². The third-order valence-corrected chi connectivity index (χ3v) is 7.45. The van der Waals surface area contributed by atoms with Gasteiger partial charge in [0, 0.05) is 24.4 Å². The minimum absolute atomic E-state index is 0.182. The average molecular weight is 536 g/mol. The van der Waals surface area contributed by atoms with Gasteiger partial charge in [0.15, 0.2) is 5.65 Å². The van der Waals surface area contributed by atoms with Crippen LogP contribution in [-0.2, 0) is 23.8 Å². The number of nitrogens with one attached hydrogen (secondary N) is 1. The molecule has 0 saturated carbocycles. The number of rotatable bonds is 6. The predicted molar refractivity (Wildman–Crippen MR) is 151 cm³/mol. The molecule has 3 aromatic carbocycles. The van der Waals surface area contributed by atoms with Gasteiger partial charge in [-0.1, -0.05) is 61.0 Å². The van der Waals surface area contributed by atoms with E-state index in [2.05, 4.69) is 63.1 Å². The van der Waals surface area contributed by atoms with Gasteiger partial charge in [-0.05, 0) is 75.0 Å². The lowest BCUT2D eigenvalue weighted by Gasteiger charge is -2.36. The Morgan fingerprint density at radius 3 is 2.54 bits per heavy atom. The molecule has 194 valence electrons. The molecule has 0 saturated heterocycles. The van der Waals surface area contributed by atoms with Crippen molar-refractivity contribution in [2.45, 2.75) is 25.8 Å². The second kappa shape index (κ2) is 9.63. The first-order valence-corrected chi connectivity index (χ1v) is 13.0. The van der Waals surface area contributed by atoms with Gasteiger partial charge in [-0.15, -0.1) is 5.10 Å². The number of benzene rings is 3. The number of hydrogen-bond acceptors (Lipinski definition) is 5. The van der Waals surface area contributed by atoms with Crippen molar-refractivity contribution in [3.05, 3.63) is 113 Å². The number of nitrogens with zero attached hydrogens (tertiary/aromatic N) is 6. The Morgan fingerprint density at radius 2 is 1.82 bits per heavy atom. The molecular weight excluding hydrogens is 510 g/mol. The number of pyridine rings is 1. The summed E-state index contributed by atoms with van der Waals surface area (Å²) in [5.41, 5.74) is 6.28. The number of carbonyl (C=O) groups is 1. The second-order valence-corrected chi connectivity index (χ2v) is 10.1. The molecule has 1 N–H and O–H groups in total. The topological polar surface area (TPSA) is 90.0 Å². The van der Waals surface area contributed by atoms with E-state index < -0.39 is 5.54 Å². The predicted octanol–water partition coefficient (Wildman–Crippen LogP) is 5.32. The van der Waals surface area contributed by atoms with Gasteiger partial charge in [0.25, 0.3) is 0 Å². The van der Waals surface area contributed by atoms with E-state index in [9.17, 15) is 4.79 Å². The zero-order chi connectivity index (χ0) is 27.1. The van der Waals surface area contributed by atoms with Gasteiger partial charge < -0.3 is 9.88 Å². The first-order chi connectivity index (χ1) is 18.9. The summed E-state index contributed by atoms with van der Waals surface area (Å²) in [6.45, 7) is 3.66. The minimum atomic E-state index is -1.05. The maximum Gasteiger partial charge on any atom is 0.218 e. The Bertz CT molecular complexity index is 1840. The third kappa shape index (κ3) is 4.13. The van der Waals surface area contributed by atoms with Crippen molar-refractivity contribution in [3.8, 4) is 11.1 Å². The van der Waals surface area contributed by atoms with Crippen LogP contribution < -0.4 is 5.32 Å². The maximum absolute atomic E-state index is 12.8. The summed E-state index contributed by atoms with van der Waals surface area (Å²) in [7, 11) is 1.92. The van der Waals surface area contributed by atoms with Gasteiger partial charge in [0.1, 0.15) is 5.54 Å². The highest BCUT2D eigenvalue weighted by Crippen LogP contribution is 2.40. The summed E-state index contributed by atoms with van der Waals surface area (Å²) in [6, 6.07) is 24.2. The number of aromatic nitrogens is 6. The molecule has 3 heterocycles. The lowest BCUT2D eigenvalue weighted by molar-refractivity contribution is -0.120. The molecule has 0 radical (unpaired) electrons. The summed E-state index contributed by atoms with van der Waals surface area (Å²) in [4.78, 5) is 17.2. The number of imidazole rings is 1. The van der Waals surface area contributed by atoms with Crippen LogP contribution in [0.15, 0.2) is 85.3 Å². The summed E-state index contributed by atoms with van der Waals surface area (Å²) in [5, 5.41) is 17.2. The van der Waals surface area contributed by atoms with Crippen LogP contribution in [0.2, 0.25) is 5.02 Å². The molecule has 8 nitrogen and oxygen atoms in total. The molecule has 9 heteroatoms. The van der Waals surface area contributed by atoms with Gasteiger partial charge in [-0.25, -0.2) is 4.98 Å². The first-order valence-electron chi connectivity index (χ1n) is 12.7. The number of aryl methyl sites for hydroxylation is 2. The number of halogens is 1. The van der Waals surface area contributed by atoms with E-state index >= 15 is 0 Å². The molecule has 3 aromatic heterocycles. The van der Waals surface area contributed by atoms with Crippen LogP contribution in [0.4, 0.5) is 0 Å². The number of hydrogen-bond donors (Lipinski definition) is 1. The van der Waals surface area contributed by atoms with E-state index in [-0.39, 0.29) is 5.91 Å². The molecule has 39 heavy (non-hydrogen) atoms. The fourth-order valence-corrected chi connectivity index (χ4v) is 5.51. The lowest BCUT2D eigenvalue weighted by atomic mass is 9.79. The van der Waals surface area contributed by atoms with Crippen molar-refractivity contribution in [1.29, 1.82) is 0 Å². The highest BCUT2D eigenvalue weighted by Gasteiger charge is 2.40. The highest BCUT2D eigenvalue weighted by atomic mass is 35.5. The highest BCUT2D eigenvalue weighted by molar-refractivity contribution is 6.30. The van der Waals surface area contributed by atoms with Gasteiger partial charge in [-0.2, -0.15) is 4.52 Å². The van der Waals surface area contributed by atoms with Gasteiger partial charge >= 0.3 is 0 Å². The van der Waals surface area contributed by atoms with Crippen molar-refractivity contribution < 1.29 is 4.79 Å². The molecule has 0 aliphatic rings. The molecule has 0 aliphatic carbocycles. The van der Waals surface area contributed by atoms with E-state index in [4.69, 9.17) is 11.6 Å². The normalized spacial score (nSPS) is 13.0. The van der Waals surface area contributed by atoms with Crippen molar-refractivity contribution in [3.63, 3.8) is 0 Å². The van der Waals surface area contributed by atoms with E-state index in [1.54, 1.807) is 17.0 Å². The Hall–Kier alpha value is -4.56. The molecule has 0 bridgehead atoms. The molecular formula is C30H26ClN7O. The molecule has 1 atom stereocenters. The fourth-order valence-electron chi connectivity index (χ4n) is 5.38. The first kappa shape index (κ1) is 24.8. The molecule has 0 spiro atoms. The van der Waals surface area contributed by atoms with Crippen LogP contribution in [0.25, 0.3) is 27.7 Å². The van der Waals surface area contributed by atoms with Gasteiger partial charge in [0.05, 0.1) is 23.7 Å². The number of amides is 1. The van der Waals surface area contributed by atoms with Crippen LogP contribution in [0.1, 0.15) is 36.2 Å². The summed E-state index contributed by atoms with van der Waals surface area (Å²) in [5.74, 6) is -0.182. The largest absolute Gasteiger partial charge is 0.337 e. The lowest BCUT2D eigenvalue weighted by Crippen LogP contribution is -2.48. The van der Waals surface area contributed by atoms with E-state index in [0.29, 0.717) is 10.7 Å². The van der Waals surface area contributed by atoms with Crippen LogP contribution >= 0.6 is 11.6 Å². The summed E-state index contributed by atoms with van der Waals surface area (Å²) in [6.07, 6.45) is 4.44. The third-order valence-electron chi connectivity index (χ3n) is 7.20. The molecule has 1 unspecified atom stereocenters. The van der Waals surface area contributed by atoms with Crippen molar-refractivity contribution in [2.75, 3.05) is 0 Å². The number of fused-ring (bicyclic) bond motifs is 3. The molecule has 0 fully saturated rings. The summed E-state index contributed by atoms with van der Waals surface area (Å²) < 4.78 is 3.66. The quantitative estimate of drug-likeness (QED) is 0.312. The number of tetrazole rings is 1. The standard InChI is InChI=1S/C30H26ClN7O/c1-4-20-6-5-7-21(14-20)25-16-29-34-35-36-38(29)27-13-10-23(15-26(25)27)30(33-19(2)39,28-17-32-18-37(28)3)22-8-11-24(31)12-9-22/h5-18H,4H2,1-3H3,(H,33,39). The zero-order valence-corrected chi connectivity index (χ0v) is 22.5. The maximum atomic E-state index is 12.8. The van der Waals surface area contributed by atoms with E-state index in [1.807, 2.05) is 54.1 Å². The zero-order valence-electron chi connectivity index (χ0n) is 21.8. The van der Waals surface area contributed by atoms with Crippen LogP contribution in [0, 0.1) is 0 Å². The van der Waals surface area contributed by atoms with Crippen molar-refractivity contribution in [1.82, 2.24) is 34.9 Å². The summed E-state index contributed by atoms with van der Waals surface area (Å²) >= 11 is 6.28. The Kier molecular flexibility index (Phi) is 6.12. The second-order valence-electron chi connectivity index (χ2n) is 9.62. The van der Waals surface area contributed by atoms with E-state index in [1.165, 1.54) is 12.5 Å². The molecule has 6 rings (SSSR count). The molecule has 0 aliphatic heterocycles. The van der Waals surface area contributed by atoms with Crippen molar-refractivity contribution in [2.24, 2.45) is 7.05 Å². The number of carbonyl (C=O) groups excluding carboxylic acids is 1. The Morgan fingerprint density at radius 1 is 1.03 bits per heavy atom. The minimum Gasteiger partial charge on any atom is -0.337 e. The Labute approximate surface area is 230 Å². The Balaban J connectivity index is 1.71. The SMILES string of the molecule is CCc1cccc(-c2cc3nnnn3c3ccc(C(NC(C)=O)(c4ccc(Cl)cc4)c4cncn4C)cc23)c1. The van der Waals surface area contributed by atoms with Crippen molar-refractivity contribution >= 4 is 34.1 Å². The van der Waals surface area contributed by atoms with Crippen LogP contribution in [0.3, 0.4) is 0 Å². The monoisotopic (exact) mass is 535 g/mol. The average Bonchev–Trinajstić information content (AvgIpc) is 3.60. The smallest absolute Gasteiger partial charge is 0.218 e. The molecule has 6 aromatic rings. The molecule has 1 amide bonds. The van der Waals surface area contributed by atoms with Gasteiger partial charge in [-0.3, -0.25) is 4.79 Å². The van der Waals surface area contributed by atoms with Crippen LogP contribution in [-0.4, -0.2) is 35.5 Å². The van der Waals surface area contributed by atoms with Crippen LogP contribution in [0.5, 0.6) is 0 Å². The fraction of sp³-hybridized carbons (Fsp3) is 0.167.